The van der Waals surface area contributed by atoms with Crippen LogP contribution in [0.1, 0.15) is 19.3 Å². The molecule has 1 saturated heterocycles. The quantitative estimate of drug-likeness (QED) is 0.819. The molecule has 3 rings (SSSR count). The lowest BCUT2D eigenvalue weighted by Crippen LogP contribution is -2.42. The first-order valence-electron chi connectivity index (χ1n) is 8.39. The highest BCUT2D eigenvalue weighted by atomic mass is 32.2. The molecular formula is C17H22N2O5S. The lowest BCUT2D eigenvalue weighted by Gasteiger charge is -2.23. The molecule has 25 heavy (non-hydrogen) atoms. The summed E-state index contributed by atoms with van der Waals surface area (Å²) in [5.41, 5.74) is -0.826. The van der Waals surface area contributed by atoms with Crippen LogP contribution in [0.15, 0.2) is 35.2 Å². The smallest absolute Gasteiger partial charge is 0.317 e. The van der Waals surface area contributed by atoms with Crippen molar-refractivity contribution in [2.24, 2.45) is 11.3 Å². The largest absolute Gasteiger partial charge is 0.481 e. The second-order valence-electron chi connectivity index (χ2n) is 6.79. The van der Waals surface area contributed by atoms with E-state index in [2.05, 4.69) is 5.32 Å². The zero-order valence-corrected chi connectivity index (χ0v) is 14.7. The Bertz CT molecular complexity index is 765. The van der Waals surface area contributed by atoms with Crippen molar-refractivity contribution >= 4 is 21.8 Å². The fourth-order valence-electron chi connectivity index (χ4n) is 3.94. The normalized spacial score (nSPS) is 25.6. The first kappa shape index (κ1) is 17.7. The van der Waals surface area contributed by atoms with Crippen LogP contribution in [0.3, 0.4) is 0 Å². The average Bonchev–Trinajstić information content (AvgIpc) is 3.13. The van der Waals surface area contributed by atoms with E-state index in [1.165, 1.54) is 17.0 Å². The number of urea groups is 1. The third-order valence-corrected chi connectivity index (χ3v) is 7.07. The molecule has 2 fully saturated rings. The molecule has 1 saturated carbocycles. The molecule has 2 N–H and O–H groups in total. The maximum Gasteiger partial charge on any atom is 0.317 e. The van der Waals surface area contributed by atoms with Gasteiger partial charge in [0.25, 0.3) is 0 Å². The summed E-state index contributed by atoms with van der Waals surface area (Å²) in [4.78, 5) is 25.7. The second-order valence-corrected chi connectivity index (χ2v) is 8.90. The minimum Gasteiger partial charge on any atom is -0.481 e. The Morgan fingerprint density at radius 1 is 1.28 bits per heavy atom. The van der Waals surface area contributed by atoms with E-state index in [1.54, 1.807) is 18.2 Å². The van der Waals surface area contributed by atoms with Crippen molar-refractivity contribution in [1.29, 1.82) is 0 Å². The lowest BCUT2D eigenvalue weighted by molar-refractivity contribution is -0.149. The van der Waals surface area contributed by atoms with Gasteiger partial charge in [-0.3, -0.25) is 4.79 Å². The fraction of sp³-hybridized carbons (Fsp3) is 0.529. The van der Waals surface area contributed by atoms with Crippen LogP contribution in [0, 0.1) is 11.3 Å². The predicted octanol–water partition coefficient (Wildman–Crippen LogP) is 1.36. The number of aliphatic carboxylic acids is 1. The number of sulfone groups is 1. The van der Waals surface area contributed by atoms with Crippen molar-refractivity contribution in [3.05, 3.63) is 30.3 Å². The van der Waals surface area contributed by atoms with Crippen LogP contribution >= 0.6 is 0 Å². The minimum atomic E-state index is -3.45. The van der Waals surface area contributed by atoms with E-state index in [-0.39, 0.29) is 29.7 Å². The van der Waals surface area contributed by atoms with E-state index in [0.29, 0.717) is 13.0 Å². The van der Waals surface area contributed by atoms with Crippen LogP contribution in [-0.4, -0.2) is 55.8 Å². The Hall–Kier alpha value is -2.09. The Labute approximate surface area is 146 Å². The van der Waals surface area contributed by atoms with Crippen LogP contribution in [0.4, 0.5) is 4.79 Å². The topological polar surface area (TPSA) is 104 Å². The zero-order chi connectivity index (χ0) is 18.1. The molecule has 0 aromatic heterocycles. The molecule has 1 aliphatic heterocycles. The van der Waals surface area contributed by atoms with Crippen molar-refractivity contribution in [2.45, 2.75) is 24.2 Å². The minimum absolute atomic E-state index is 0.00268. The summed E-state index contributed by atoms with van der Waals surface area (Å²) in [5.74, 6) is -1.04. The van der Waals surface area contributed by atoms with Gasteiger partial charge in [-0.05, 0) is 30.9 Å². The maximum atomic E-state index is 12.3. The van der Waals surface area contributed by atoms with Gasteiger partial charge < -0.3 is 15.3 Å². The van der Waals surface area contributed by atoms with Gasteiger partial charge in [0.15, 0.2) is 9.84 Å². The van der Waals surface area contributed by atoms with Gasteiger partial charge in [0.1, 0.15) is 0 Å². The van der Waals surface area contributed by atoms with Crippen molar-refractivity contribution < 1.29 is 23.1 Å². The van der Waals surface area contributed by atoms with Crippen LogP contribution in [0.5, 0.6) is 0 Å². The molecular weight excluding hydrogens is 344 g/mol. The van der Waals surface area contributed by atoms with Gasteiger partial charge in [-0.25, -0.2) is 13.2 Å². The highest BCUT2D eigenvalue weighted by molar-refractivity contribution is 7.91. The van der Waals surface area contributed by atoms with E-state index < -0.39 is 27.3 Å². The van der Waals surface area contributed by atoms with Crippen molar-refractivity contribution in [1.82, 2.24) is 10.2 Å². The van der Waals surface area contributed by atoms with Gasteiger partial charge in [0, 0.05) is 19.6 Å². The van der Waals surface area contributed by atoms with Crippen LogP contribution < -0.4 is 5.32 Å². The summed E-state index contributed by atoms with van der Waals surface area (Å²) < 4.78 is 24.4. The van der Waals surface area contributed by atoms with Crippen molar-refractivity contribution in [3.63, 3.8) is 0 Å². The third kappa shape index (κ3) is 3.35. The summed E-state index contributed by atoms with van der Waals surface area (Å²) in [6, 6.07) is 7.70. The van der Waals surface area contributed by atoms with Gasteiger partial charge in [-0.15, -0.1) is 0 Å². The standard InChI is InChI=1S/C17H22N2O5S/c20-15(21)17-8-4-5-13(17)11-19(12-17)16(22)18-9-10-25(23,24)14-6-2-1-3-7-14/h1-3,6-7,13H,4-5,8-12H2,(H,18,22)(H,20,21)/t13-,17+/m0/s1. The molecule has 136 valence electrons. The lowest BCUT2D eigenvalue weighted by atomic mass is 9.81. The summed E-state index contributed by atoms with van der Waals surface area (Å²) in [6.45, 7) is 0.616. The number of carboxylic acids is 1. The van der Waals surface area contributed by atoms with Crippen LogP contribution in [0.2, 0.25) is 0 Å². The average molecular weight is 366 g/mol. The highest BCUT2D eigenvalue weighted by Gasteiger charge is 2.55. The molecule has 1 heterocycles. The number of nitrogens with one attached hydrogen (secondary N) is 1. The molecule has 7 nitrogen and oxygen atoms in total. The fourth-order valence-corrected chi connectivity index (χ4v) is 5.12. The Morgan fingerprint density at radius 2 is 2.00 bits per heavy atom. The van der Waals surface area contributed by atoms with E-state index in [4.69, 9.17) is 0 Å². The molecule has 8 heteroatoms. The summed E-state index contributed by atoms with van der Waals surface area (Å²) in [7, 11) is -3.45. The molecule has 0 bridgehead atoms. The number of carboxylic acid groups (broad SMARTS) is 1. The van der Waals surface area contributed by atoms with Crippen molar-refractivity contribution in [3.8, 4) is 0 Å². The number of nitrogens with zero attached hydrogens (tertiary/aromatic N) is 1. The van der Waals surface area contributed by atoms with E-state index in [1.807, 2.05) is 0 Å². The summed E-state index contributed by atoms with van der Waals surface area (Å²) >= 11 is 0. The van der Waals surface area contributed by atoms with Gasteiger partial charge in [-0.1, -0.05) is 24.6 Å². The zero-order valence-electron chi connectivity index (χ0n) is 13.8. The van der Waals surface area contributed by atoms with Crippen LogP contribution in [0.25, 0.3) is 0 Å². The summed E-state index contributed by atoms with van der Waals surface area (Å²) in [5, 5.41) is 12.2. The van der Waals surface area contributed by atoms with Gasteiger partial charge >= 0.3 is 12.0 Å². The number of fused-ring (bicyclic) bond motifs is 1. The Balaban J connectivity index is 1.55. The second kappa shape index (κ2) is 6.67. The monoisotopic (exact) mass is 366 g/mol. The highest BCUT2D eigenvalue weighted by Crippen LogP contribution is 2.48. The summed E-state index contributed by atoms with van der Waals surface area (Å²) in [6.07, 6.45) is 2.29. The number of carbonyl (C=O) groups excluding carboxylic acids is 1. The molecule has 1 aliphatic carbocycles. The Morgan fingerprint density at radius 3 is 2.64 bits per heavy atom. The van der Waals surface area contributed by atoms with E-state index >= 15 is 0 Å². The number of hydrogen-bond donors (Lipinski definition) is 2. The molecule has 0 radical (unpaired) electrons. The third-order valence-electron chi connectivity index (χ3n) is 5.33. The van der Waals surface area contributed by atoms with E-state index in [0.717, 1.165) is 12.8 Å². The predicted molar refractivity (Wildman–Crippen MR) is 90.9 cm³/mol. The van der Waals surface area contributed by atoms with Gasteiger partial charge in [0.05, 0.1) is 16.1 Å². The van der Waals surface area contributed by atoms with E-state index in [9.17, 15) is 23.1 Å². The number of rotatable bonds is 5. The number of benzene rings is 1. The van der Waals surface area contributed by atoms with Gasteiger partial charge in [-0.2, -0.15) is 0 Å². The first-order valence-corrected chi connectivity index (χ1v) is 10.0. The first-order chi connectivity index (χ1) is 11.8. The number of likely N-dealkylation sites (tertiary alicyclic amines) is 1. The number of hydrogen-bond acceptors (Lipinski definition) is 4. The van der Waals surface area contributed by atoms with Gasteiger partial charge in [0.2, 0.25) is 0 Å². The number of carbonyl (C=O) groups is 2. The van der Waals surface area contributed by atoms with Crippen LogP contribution in [-0.2, 0) is 14.6 Å². The van der Waals surface area contributed by atoms with Crippen molar-refractivity contribution in [2.75, 3.05) is 25.4 Å². The Kier molecular flexibility index (Phi) is 4.73. The SMILES string of the molecule is O=C(NCCS(=O)(=O)c1ccccc1)N1C[C@@H]2CCC[C@@]2(C(=O)O)C1. The maximum absolute atomic E-state index is 12.3. The molecule has 2 atom stereocenters. The molecule has 2 amide bonds. The molecule has 1 aromatic rings. The molecule has 0 spiro atoms. The molecule has 2 aliphatic rings. The molecule has 1 aromatic carbocycles. The molecule has 0 unspecified atom stereocenters. The number of amides is 2.